The summed E-state index contributed by atoms with van der Waals surface area (Å²) in [5.74, 6) is -0.188. The number of aromatic amines is 1. The lowest BCUT2D eigenvalue weighted by Gasteiger charge is -2.07. The van der Waals surface area contributed by atoms with Crippen molar-refractivity contribution in [3.63, 3.8) is 0 Å². The predicted octanol–water partition coefficient (Wildman–Crippen LogP) is 2.06. The van der Waals surface area contributed by atoms with Crippen LogP contribution in [-0.2, 0) is 7.05 Å². The van der Waals surface area contributed by atoms with E-state index < -0.39 is 0 Å². The monoisotopic (exact) mass is 267 g/mol. The molecule has 20 heavy (non-hydrogen) atoms. The van der Waals surface area contributed by atoms with Gasteiger partial charge in [0.05, 0.1) is 18.2 Å². The van der Waals surface area contributed by atoms with Crippen molar-refractivity contribution in [3.05, 3.63) is 54.7 Å². The summed E-state index contributed by atoms with van der Waals surface area (Å²) >= 11 is 0. The fourth-order valence-corrected chi connectivity index (χ4v) is 1.95. The van der Waals surface area contributed by atoms with Crippen LogP contribution in [0, 0.1) is 0 Å². The molecule has 2 N–H and O–H groups in total. The van der Waals surface area contributed by atoms with Gasteiger partial charge in [0.1, 0.15) is 5.69 Å². The van der Waals surface area contributed by atoms with E-state index in [9.17, 15) is 4.79 Å². The molecule has 0 aliphatic heterocycles. The van der Waals surface area contributed by atoms with Crippen molar-refractivity contribution in [1.82, 2.24) is 19.7 Å². The Balaban J connectivity index is 1.83. The molecule has 0 atom stereocenters. The van der Waals surface area contributed by atoms with E-state index in [-0.39, 0.29) is 5.91 Å². The largest absolute Gasteiger partial charge is 0.330 e. The molecule has 0 bridgehead atoms. The van der Waals surface area contributed by atoms with Crippen LogP contribution in [-0.4, -0.2) is 25.7 Å². The van der Waals surface area contributed by atoms with Gasteiger partial charge >= 0.3 is 0 Å². The molecule has 100 valence electrons. The lowest BCUT2D eigenvalue weighted by atomic mass is 10.1. The summed E-state index contributed by atoms with van der Waals surface area (Å²) < 4.78 is 1.67. The van der Waals surface area contributed by atoms with E-state index >= 15 is 0 Å². The molecule has 0 saturated carbocycles. The molecule has 0 radical (unpaired) electrons. The summed E-state index contributed by atoms with van der Waals surface area (Å²) in [6, 6.07) is 9.44. The van der Waals surface area contributed by atoms with Crippen LogP contribution in [0.4, 0.5) is 5.69 Å². The lowest BCUT2D eigenvalue weighted by molar-refractivity contribution is 0.101. The van der Waals surface area contributed by atoms with Gasteiger partial charge in [0.25, 0.3) is 5.91 Å². The van der Waals surface area contributed by atoms with E-state index in [0.717, 1.165) is 16.9 Å². The molecule has 0 fully saturated rings. The van der Waals surface area contributed by atoms with Crippen LogP contribution < -0.4 is 5.32 Å². The molecule has 0 aliphatic carbocycles. The SMILES string of the molecule is Cn1cncc1C(=O)Nc1cccc(-c2ccn[nH]2)c1. The minimum atomic E-state index is -0.188. The van der Waals surface area contributed by atoms with Crippen LogP contribution in [0.1, 0.15) is 10.5 Å². The van der Waals surface area contributed by atoms with Crippen molar-refractivity contribution in [2.75, 3.05) is 5.32 Å². The smallest absolute Gasteiger partial charge is 0.273 e. The van der Waals surface area contributed by atoms with Crippen molar-refractivity contribution in [2.45, 2.75) is 0 Å². The number of amides is 1. The Bertz CT molecular complexity index is 730. The van der Waals surface area contributed by atoms with Crippen LogP contribution in [0.3, 0.4) is 0 Å². The van der Waals surface area contributed by atoms with Gasteiger partial charge in [0, 0.05) is 24.5 Å². The molecule has 6 nitrogen and oxygen atoms in total. The number of carbonyl (C=O) groups is 1. The zero-order chi connectivity index (χ0) is 13.9. The highest BCUT2D eigenvalue weighted by Crippen LogP contribution is 2.20. The number of H-pyrrole nitrogens is 1. The molecule has 1 amide bonds. The number of anilines is 1. The first-order chi connectivity index (χ1) is 9.74. The van der Waals surface area contributed by atoms with Crippen LogP contribution >= 0.6 is 0 Å². The maximum absolute atomic E-state index is 12.1. The number of nitrogens with zero attached hydrogens (tertiary/aromatic N) is 3. The topological polar surface area (TPSA) is 75.6 Å². The normalized spacial score (nSPS) is 10.4. The number of hydrogen-bond donors (Lipinski definition) is 2. The summed E-state index contributed by atoms with van der Waals surface area (Å²) in [7, 11) is 1.78. The maximum Gasteiger partial charge on any atom is 0.273 e. The molecule has 2 heterocycles. The highest BCUT2D eigenvalue weighted by molar-refractivity contribution is 6.03. The summed E-state index contributed by atoms with van der Waals surface area (Å²) in [4.78, 5) is 16.0. The number of benzene rings is 1. The van der Waals surface area contributed by atoms with Crippen LogP contribution in [0.5, 0.6) is 0 Å². The fourth-order valence-electron chi connectivity index (χ4n) is 1.95. The Morgan fingerprint density at radius 2 is 2.25 bits per heavy atom. The second-order valence-corrected chi connectivity index (χ2v) is 4.40. The summed E-state index contributed by atoms with van der Waals surface area (Å²) in [6.07, 6.45) is 4.82. The third-order valence-corrected chi connectivity index (χ3v) is 2.98. The molecule has 0 aliphatic rings. The molecule has 2 aromatic heterocycles. The Hall–Kier alpha value is -2.89. The molecular formula is C14H13N5O. The third-order valence-electron chi connectivity index (χ3n) is 2.98. The van der Waals surface area contributed by atoms with Crippen molar-refractivity contribution < 1.29 is 4.79 Å². The first-order valence-corrected chi connectivity index (χ1v) is 6.11. The maximum atomic E-state index is 12.1. The summed E-state index contributed by atoms with van der Waals surface area (Å²) in [5.41, 5.74) is 3.10. The standard InChI is InChI=1S/C14H13N5O/c1-19-9-15-8-13(19)14(20)17-11-4-2-3-10(7-11)12-5-6-16-18-12/h2-9H,1H3,(H,16,18)(H,17,20). The first-order valence-electron chi connectivity index (χ1n) is 6.11. The van der Waals surface area contributed by atoms with Gasteiger partial charge in [-0.1, -0.05) is 12.1 Å². The Labute approximate surface area is 115 Å². The Kier molecular flexibility index (Phi) is 3.04. The van der Waals surface area contributed by atoms with Crippen molar-refractivity contribution in [1.29, 1.82) is 0 Å². The van der Waals surface area contributed by atoms with Crippen LogP contribution in [0.2, 0.25) is 0 Å². The number of aryl methyl sites for hydroxylation is 1. The van der Waals surface area contributed by atoms with Gasteiger partial charge in [-0.2, -0.15) is 5.10 Å². The molecule has 3 aromatic rings. The average Bonchev–Trinajstić information content (AvgIpc) is 3.09. The van der Waals surface area contributed by atoms with E-state index in [1.165, 1.54) is 6.20 Å². The van der Waals surface area contributed by atoms with Crippen molar-refractivity contribution in [2.24, 2.45) is 7.05 Å². The number of aromatic nitrogens is 4. The second-order valence-electron chi connectivity index (χ2n) is 4.40. The number of rotatable bonds is 3. The summed E-state index contributed by atoms with van der Waals surface area (Å²) in [6.45, 7) is 0. The first kappa shape index (κ1) is 12.2. The van der Waals surface area contributed by atoms with Gasteiger partial charge in [-0.25, -0.2) is 4.98 Å². The van der Waals surface area contributed by atoms with Crippen LogP contribution in [0.25, 0.3) is 11.3 Å². The number of carbonyl (C=O) groups excluding carboxylic acids is 1. The average molecular weight is 267 g/mol. The molecule has 0 saturated heterocycles. The number of imidazole rings is 1. The molecule has 6 heteroatoms. The lowest BCUT2D eigenvalue weighted by Crippen LogP contribution is -2.15. The van der Waals surface area contributed by atoms with Gasteiger partial charge in [0.2, 0.25) is 0 Å². The van der Waals surface area contributed by atoms with E-state index in [1.807, 2.05) is 30.3 Å². The minimum Gasteiger partial charge on any atom is -0.330 e. The molecular weight excluding hydrogens is 254 g/mol. The Morgan fingerprint density at radius 1 is 1.35 bits per heavy atom. The zero-order valence-corrected chi connectivity index (χ0v) is 10.9. The second kappa shape index (κ2) is 5.00. The highest BCUT2D eigenvalue weighted by atomic mass is 16.1. The van der Waals surface area contributed by atoms with Crippen molar-refractivity contribution >= 4 is 11.6 Å². The minimum absolute atomic E-state index is 0.188. The number of hydrogen-bond acceptors (Lipinski definition) is 3. The van der Waals surface area contributed by atoms with Gasteiger partial charge < -0.3 is 9.88 Å². The van der Waals surface area contributed by atoms with Crippen LogP contribution in [0.15, 0.2) is 49.1 Å². The predicted molar refractivity (Wildman–Crippen MR) is 75.2 cm³/mol. The van der Waals surface area contributed by atoms with E-state index in [4.69, 9.17) is 0 Å². The quantitative estimate of drug-likeness (QED) is 0.762. The molecule has 0 spiro atoms. The number of nitrogens with one attached hydrogen (secondary N) is 2. The van der Waals surface area contributed by atoms with Gasteiger partial charge in [0.15, 0.2) is 0 Å². The molecule has 1 aromatic carbocycles. The Morgan fingerprint density at radius 3 is 2.95 bits per heavy atom. The molecule has 3 rings (SSSR count). The van der Waals surface area contributed by atoms with Crippen molar-refractivity contribution in [3.8, 4) is 11.3 Å². The highest BCUT2D eigenvalue weighted by Gasteiger charge is 2.10. The fraction of sp³-hybridized carbons (Fsp3) is 0.0714. The van der Waals surface area contributed by atoms with Gasteiger partial charge in [-0.05, 0) is 18.2 Å². The van der Waals surface area contributed by atoms with Gasteiger partial charge in [-0.15, -0.1) is 0 Å². The van der Waals surface area contributed by atoms with Gasteiger partial charge in [-0.3, -0.25) is 9.89 Å². The molecule has 0 unspecified atom stereocenters. The zero-order valence-electron chi connectivity index (χ0n) is 10.9. The van der Waals surface area contributed by atoms with E-state index in [0.29, 0.717) is 5.69 Å². The van der Waals surface area contributed by atoms with E-state index in [2.05, 4.69) is 20.5 Å². The third kappa shape index (κ3) is 2.31. The summed E-state index contributed by atoms with van der Waals surface area (Å²) in [5, 5.41) is 9.66. The van der Waals surface area contributed by atoms with E-state index in [1.54, 1.807) is 24.1 Å².